The summed E-state index contributed by atoms with van der Waals surface area (Å²) in [5.74, 6) is 0. The smallest absolute Gasteiger partial charge is 0.230 e. The highest BCUT2D eigenvalue weighted by atomic mass is 19.2. The molecule has 0 saturated heterocycles. The lowest BCUT2D eigenvalue weighted by Crippen LogP contribution is -2.27. The van der Waals surface area contributed by atoms with Gasteiger partial charge in [-0.3, -0.25) is 4.39 Å². The third-order valence-corrected chi connectivity index (χ3v) is 1.97. The van der Waals surface area contributed by atoms with Gasteiger partial charge in [0.2, 0.25) is 6.36 Å². The SMILES string of the molecule is OC(F)C(F)C(F)CCCCCCF. The van der Waals surface area contributed by atoms with Crippen molar-refractivity contribution in [3.63, 3.8) is 0 Å². The van der Waals surface area contributed by atoms with E-state index in [1.807, 2.05) is 0 Å². The second-order valence-electron chi connectivity index (χ2n) is 3.22. The fourth-order valence-electron chi connectivity index (χ4n) is 1.12. The summed E-state index contributed by atoms with van der Waals surface area (Å²) in [5, 5.41) is 8.10. The normalized spacial score (nSPS) is 17.8. The van der Waals surface area contributed by atoms with Crippen LogP contribution in [-0.4, -0.2) is 30.5 Å². The number of rotatable bonds is 8. The summed E-state index contributed by atoms with van der Waals surface area (Å²) in [5.41, 5.74) is 0. The molecule has 0 aliphatic rings. The van der Waals surface area contributed by atoms with Crippen LogP contribution in [0.1, 0.15) is 32.1 Å². The van der Waals surface area contributed by atoms with Crippen LogP contribution in [0.5, 0.6) is 0 Å². The van der Waals surface area contributed by atoms with Crippen LogP contribution in [0.4, 0.5) is 17.6 Å². The molecule has 3 unspecified atom stereocenters. The van der Waals surface area contributed by atoms with E-state index in [2.05, 4.69) is 0 Å². The molecule has 0 spiro atoms. The number of alkyl halides is 4. The zero-order chi connectivity index (χ0) is 11.0. The van der Waals surface area contributed by atoms with Gasteiger partial charge in [0.05, 0.1) is 6.67 Å². The van der Waals surface area contributed by atoms with Crippen molar-refractivity contribution in [3.05, 3.63) is 0 Å². The van der Waals surface area contributed by atoms with Crippen molar-refractivity contribution >= 4 is 0 Å². The summed E-state index contributed by atoms with van der Waals surface area (Å²) < 4.78 is 48.6. The Labute approximate surface area is 81.1 Å². The molecule has 86 valence electrons. The molecule has 0 radical (unpaired) electrons. The standard InChI is InChI=1S/C9H16F4O/c10-6-4-2-1-3-5-7(11)8(12)9(13)14/h7-9,14H,1-6H2. The van der Waals surface area contributed by atoms with Gasteiger partial charge in [0, 0.05) is 0 Å². The Morgan fingerprint density at radius 3 is 2.00 bits per heavy atom. The van der Waals surface area contributed by atoms with Gasteiger partial charge in [0.25, 0.3) is 0 Å². The minimum atomic E-state index is -2.75. The van der Waals surface area contributed by atoms with Gasteiger partial charge >= 0.3 is 0 Å². The van der Waals surface area contributed by atoms with E-state index in [1.54, 1.807) is 0 Å². The second kappa shape index (κ2) is 8.03. The molecule has 0 aliphatic carbocycles. The number of hydrogen-bond acceptors (Lipinski definition) is 1. The fourth-order valence-corrected chi connectivity index (χ4v) is 1.12. The first kappa shape index (κ1) is 13.7. The van der Waals surface area contributed by atoms with Crippen LogP contribution < -0.4 is 0 Å². The van der Waals surface area contributed by atoms with E-state index in [9.17, 15) is 17.6 Å². The molecule has 0 aromatic heterocycles. The molecule has 0 aromatic rings. The Morgan fingerprint density at radius 2 is 1.50 bits per heavy atom. The molecular formula is C9H16F4O. The van der Waals surface area contributed by atoms with Gasteiger partial charge in [0.15, 0.2) is 6.17 Å². The monoisotopic (exact) mass is 216 g/mol. The predicted molar refractivity (Wildman–Crippen MR) is 46.0 cm³/mol. The minimum absolute atomic E-state index is 0.131. The Hall–Kier alpha value is -0.320. The van der Waals surface area contributed by atoms with Crippen LogP contribution in [0, 0.1) is 0 Å². The summed E-state index contributed by atoms with van der Waals surface area (Å²) in [6.07, 6.45) is -5.30. The highest BCUT2D eigenvalue weighted by Crippen LogP contribution is 2.16. The van der Waals surface area contributed by atoms with E-state index in [0.29, 0.717) is 25.7 Å². The molecule has 0 heterocycles. The number of unbranched alkanes of at least 4 members (excludes halogenated alkanes) is 3. The second-order valence-corrected chi connectivity index (χ2v) is 3.22. The molecule has 5 heteroatoms. The molecule has 0 bridgehead atoms. The Kier molecular flexibility index (Phi) is 7.84. The van der Waals surface area contributed by atoms with E-state index >= 15 is 0 Å². The molecule has 1 nitrogen and oxygen atoms in total. The Bertz CT molecular complexity index is 132. The van der Waals surface area contributed by atoms with E-state index < -0.39 is 25.4 Å². The zero-order valence-corrected chi connectivity index (χ0v) is 7.93. The van der Waals surface area contributed by atoms with Crippen LogP contribution in [0.3, 0.4) is 0 Å². The molecule has 3 atom stereocenters. The fraction of sp³-hybridized carbons (Fsp3) is 1.00. The summed E-state index contributed by atoms with van der Waals surface area (Å²) in [4.78, 5) is 0. The van der Waals surface area contributed by atoms with Crippen molar-refractivity contribution in [2.75, 3.05) is 6.67 Å². The first-order valence-electron chi connectivity index (χ1n) is 4.76. The van der Waals surface area contributed by atoms with Gasteiger partial charge in [-0.2, -0.15) is 0 Å². The van der Waals surface area contributed by atoms with Gasteiger partial charge in [0.1, 0.15) is 6.17 Å². The Morgan fingerprint density at radius 1 is 0.929 bits per heavy atom. The molecule has 0 rings (SSSR count). The summed E-state index contributed by atoms with van der Waals surface area (Å²) in [6.45, 7) is -0.409. The predicted octanol–water partition coefficient (Wildman–Crippen LogP) is 2.87. The molecule has 14 heavy (non-hydrogen) atoms. The average Bonchev–Trinajstić information content (AvgIpc) is 2.16. The third kappa shape index (κ3) is 6.18. The lowest BCUT2D eigenvalue weighted by Gasteiger charge is -2.13. The van der Waals surface area contributed by atoms with Crippen molar-refractivity contribution in [2.45, 2.75) is 50.8 Å². The number of halogens is 4. The van der Waals surface area contributed by atoms with Crippen LogP contribution in [0.15, 0.2) is 0 Å². The lowest BCUT2D eigenvalue weighted by atomic mass is 10.1. The van der Waals surface area contributed by atoms with Crippen molar-refractivity contribution < 1.29 is 22.7 Å². The largest absolute Gasteiger partial charge is 0.362 e. The maximum Gasteiger partial charge on any atom is 0.230 e. The quantitative estimate of drug-likeness (QED) is 0.488. The first-order chi connectivity index (χ1) is 6.59. The summed E-state index contributed by atoms with van der Waals surface area (Å²) in [6, 6.07) is 0. The first-order valence-corrected chi connectivity index (χ1v) is 4.76. The number of hydrogen-bond donors (Lipinski definition) is 1. The van der Waals surface area contributed by atoms with Gasteiger partial charge in [-0.15, -0.1) is 0 Å². The molecule has 1 N–H and O–H groups in total. The number of aliphatic hydroxyl groups is 1. The average molecular weight is 216 g/mol. The maximum atomic E-state index is 12.7. The molecule has 0 aliphatic heterocycles. The van der Waals surface area contributed by atoms with Gasteiger partial charge in [-0.25, -0.2) is 13.2 Å². The van der Waals surface area contributed by atoms with Crippen molar-refractivity contribution in [1.82, 2.24) is 0 Å². The molecule has 0 aromatic carbocycles. The van der Waals surface area contributed by atoms with Crippen molar-refractivity contribution in [3.8, 4) is 0 Å². The highest BCUT2D eigenvalue weighted by molar-refractivity contribution is 4.69. The summed E-state index contributed by atoms with van der Waals surface area (Å²) in [7, 11) is 0. The van der Waals surface area contributed by atoms with Gasteiger partial charge < -0.3 is 5.11 Å². The topological polar surface area (TPSA) is 20.2 Å². The molecule has 0 saturated carbocycles. The maximum absolute atomic E-state index is 12.7. The zero-order valence-electron chi connectivity index (χ0n) is 7.93. The Balaban J connectivity index is 3.39. The van der Waals surface area contributed by atoms with Crippen LogP contribution in [-0.2, 0) is 0 Å². The minimum Gasteiger partial charge on any atom is -0.362 e. The number of aliphatic hydroxyl groups excluding tert-OH is 1. The van der Waals surface area contributed by atoms with Crippen LogP contribution in [0.25, 0.3) is 0 Å². The van der Waals surface area contributed by atoms with E-state index in [0.717, 1.165) is 0 Å². The molecular weight excluding hydrogens is 200 g/mol. The van der Waals surface area contributed by atoms with Gasteiger partial charge in [-0.05, 0) is 12.8 Å². The highest BCUT2D eigenvalue weighted by Gasteiger charge is 2.27. The van der Waals surface area contributed by atoms with Crippen molar-refractivity contribution in [2.24, 2.45) is 0 Å². The lowest BCUT2D eigenvalue weighted by molar-refractivity contribution is -0.0586. The summed E-state index contributed by atoms with van der Waals surface area (Å²) >= 11 is 0. The van der Waals surface area contributed by atoms with E-state index in [-0.39, 0.29) is 6.42 Å². The van der Waals surface area contributed by atoms with Crippen molar-refractivity contribution in [1.29, 1.82) is 0 Å². The van der Waals surface area contributed by atoms with E-state index in [4.69, 9.17) is 5.11 Å². The third-order valence-electron chi connectivity index (χ3n) is 1.97. The van der Waals surface area contributed by atoms with E-state index in [1.165, 1.54) is 0 Å². The molecule has 0 amide bonds. The van der Waals surface area contributed by atoms with Crippen LogP contribution in [0.2, 0.25) is 0 Å². The molecule has 0 fully saturated rings. The van der Waals surface area contributed by atoms with Gasteiger partial charge in [-0.1, -0.05) is 19.3 Å². The van der Waals surface area contributed by atoms with Crippen LogP contribution >= 0.6 is 0 Å².